The van der Waals surface area contributed by atoms with Crippen LogP contribution in [0.15, 0.2) is 24.7 Å². The van der Waals surface area contributed by atoms with E-state index in [1.165, 1.54) is 0 Å². The Morgan fingerprint density at radius 2 is 2.33 bits per heavy atom. The van der Waals surface area contributed by atoms with Gasteiger partial charge in [0.05, 0.1) is 6.54 Å². The summed E-state index contributed by atoms with van der Waals surface area (Å²) >= 11 is 0. The molecule has 0 fully saturated rings. The Balaban J connectivity index is 2.07. The summed E-state index contributed by atoms with van der Waals surface area (Å²) in [7, 11) is 0. The van der Waals surface area contributed by atoms with Gasteiger partial charge in [0, 0.05) is 12.7 Å². The smallest absolute Gasteiger partial charge is 0.252 e. The summed E-state index contributed by atoms with van der Waals surface area (Å²) in [4.78, 5) is 8.09. The van der Waals surface area contributed by atoms with Crippen LogP contribution in [0.5, 0.6) is 0 Å². The summed E-state index contributed by atoms with van der Waals surface area (Å²) in [5.41, 5.74) is 1.07. The van der Waals surface area contributed by atoms with E-state index in [0.29, 0.717) is 6.54 Å². The van der Waals surface area contributed by atoms with Crippen LogP contribution in [-0.4, -0.2) is 26.3 Å². The molecule has 1 N–H and O–H groups in total. The van der Waals surface area contributed by atoms with Crippen molar-refractivity contribution in [2.45, 2.75) is 19.9 Å². The molecule has 0 saturated heterocycles. The molecule has 0 unspecified atom stereocenters. The molecule has 2 aromatic rings. The van der Waals surface area contributed by atoms with E-state index >= 15 is 0 Å². The van der Waals surface area contributed by atoms with Crippen LogP contribution >= 0.6 is 0 Å². The van der Waals surface area contributed by atoms with Gasteiger partial charge in [-0.05, 0) is 24.1 Å². The lowest BCUT2D eigenvalue weighted by Gasteiger charge is -2.06. The lowest BCUT2D eigenvalue weighted by atomic mass is 10.2. The third-order valence-corrected chi connectivity index (χ3v) is 2.36. The molecule has 0 aliphatic rings. The number of nitrogens with one attached hydrogen (secondary N) is 1. The van der Waals surface area contributed by atoms with Crippen LogP contribution in [0.1, 0.15) is 24.7 Å². The molecule has 0 aliphatic heterocycles. The van der Waals surface area contributed by atoms with Gasteiger partial charge in [0.15, 0.2) is 0 Å². The van der Waals surface area contributed by atoms with Crippen molar-refractivity contribution >= 4 is 5.82 Å². The maximum absolute atomic E-state index is 8.65. The van der Waals surface area contributed by atoms with Gasteiger partial charge >= 0.3 is 0 Å². The summed E-state index contributed by atoms with van der Waals surface area (Å²) < 4.78 is 1.64. The first kappa shape index (κ1) is 12.0. The number of hydrogen-bond acceptors (Lipinski definition) is 5. The van der Waals surface area contributed by atoms with E-state index in [1.54, 1.807) is 17.2 Å². The fourth-order valence-corrected chi connectivity index (χ4v) is 1.53. The summed E-state index contributed by atoms with van der Waals surface area (Å²) in [6.07, 6.45) is 4.37. The normalized spacial score (nSPS) is 10.0. The molecule has 6 heteroatoms. The van der Waals surface area contributed by atoms with Crippen LogP contribution in [0, 0.1) is 11.3 Å². The molecule has 2 heterocycles. The highest BCUT2D eigenvalue weighted by Crippen LogP contribution is 2.08. The quantitative estimate of drug-likeness (QED) is 0.857. The third-order valence-electron chi connectivity index (χ3n) is 2.36. The zero-order chi connectivity index (χ0) is 12.8. The summed E-state index contributed by atoms with van der Waals surface area (Å²) in [5.74, 6) is 1.04. The van der Waals surface area contributed by atoms with E-state index in [0.717, 1.165) is 24.3 Å². The van der Waals surface area contributed by atoms with Crippen molar-refractivity contribution in [1.29, 1.82) is 5.26 Å². The lowest BCUT2D eigenvalue weighted by Crippen LogP contribution is -2.04. The second kappa shape index (κ2) is 5.77. The minimum Gasteiger partial charge on any atom is -0.370 e. The van der Waals surface area contributed by atoms with Crippen molar-refractivity contribution in [2.24, 2.45) is 0 Å². The molecule has 0 saturated carbocycles. The molecule has 92 valence electrons. The number of pyridine rings is 1. The molecule has 0 bridgehead atoms. The molecule has 2 rings (SSSR count). The van der Waals surface area contributed by atoms with Crippen molar-refractivity contribution in [3.05, 3.63) is 36.0 Å². The average Bonchev–Trinajstić information content (AvgIpc) is 2.84. The van der Waals surface area contributed by atoms with Crippen LogP contribution < -0.4 is 5.32 Å². The van der Waals surface area contributed by atoms with Crippen molar-refractivity contribution in [2.75, 3.05) is 11.9 Å². The molecule has 18 heavy (non-hydrogen) atoms. The number of nitrogens with zero attached hydrogens (tertiary/aromatic N) is 5. The number of anilines is 1. The topological polar surface area (TPSA) is 79.4 Å². The number of rotatable bonds is 5. The molecule has 0 amide bonds. The van der Waals surface area contributed by atoms with Gasteiger partial charge in [0.2, 0.25) is 0 Å². The maximum atomic E-state index is 8.65. The van der Waals surface area contributed by atoms with E-state index in [4.69, 9.17) is 5.26 Å². The highest BCUT2D eigenvalue weighted by molar-refractivity contribution is 5.37. The summed E-state index contributed by atoms with van der Waals surface area (Å²) in [6, 6.07) is 5.80. The largest absolute Gasteiger partial charge is 0.370 e. The Morgan fingerprint density at radius 1 is 1.44 bits per heavy atom. The first-order valence-electron chi connectivity index (χ1n) is 5.80. The van der Waals surface area contributed by atoms with Crippen LogP contribution in [0.4, 0.5) is 5.82 Å². The average molecular weight is 242 g/mol. The fourth-order valence-electron chi connectivity index (χ4n) is 1.53. The van der Waals surface area contributed by atoms with Crippen molar-refractivity contribution in [3.8, 4) is 6.07 Å². The standard InChI is InChI=1S/C12H14N6/c1-2-4-14-11-6-10(3-5-15-11)8-18-9-16-12(7-13)17-18/h3,5-6,9H,2,4,8H2,1H3,(H,14,15). The van der Waals surface area contributed by atoms with Gasteiger partial charge in [-0.25, -0.2) is 14.6 Å². The molecule has 0 spiro atoms. The van der Waals surface area contributed by atoms with Crippen molar-refractivity contribution < 1.29 is 0 Å². The predicted molar refractivity (Wildman–Crippen MR) is 66.9 cm³/mol. The van der Waals surface area contributed by atoms with Crippen molar-refractivity contribution in [3.63, 3.8) is 0 Å². The number of nitriles is 1. The first-order chi connectivity index (χ1) is 8.81. The zero-order valence-electron chi connectivity index (χ0n) is 10.2. The Hall–Kier alpha value is -2.42. The van der Waals surface area contributed by atoms with E-state index in [9.17, 15) is 0 Å². The Labute approximate surface area is 105 Å². The Morgan fingerprint density at radius 3 is 3.06 bits per heavy atom. The van der Waals surface area contributed by atoms with E-state index in [-0.39, 0.29) is 5.82 Å². The highest BCUT2D eigenvalue weighted by Gasteiger charge is 2.01. The van der Waals surface area contributed by atoms with Crippen LogP contribution in [-0.2, 0) is 6.54 Å². The first-order valence-corrected chi connectivity index (χ1v) is 5.80. The van der Waals surface area contributed by atoms with Gasteiger partial charge in [-0.15, -0.1) is 5.10 Å². The molecule has 6 nitrogen and oxygen atoms in total. The highest BCUT2D eigenvalue weighted by atomic mass is 15.3. The molecular formula is C12H14N6. The van der Waals surface area contributed by atoms with Gasteiger partial charge in [0.1, 0.15) is 18.2 Å². The zero-order valence-corrected chi connectivity index (χ0v) is 10.2. The molecule has 0 aromatic carbocycles. The van der Waals surface area contributed by atoms with Crippen LogP contribution in [0.3, 0.4) is 0 Å². The second-order valence-electron chi connectivity index (χ2n) is 3.85. The Bertz CT molecular complexity index is 554. The van der Waals surface area contributed by atoms with E-state index in [1.807, 2.05) is 18.2 Å². The van der Waals surface area contributed by atoms with Gasteiger partial charge < -0.3 is 5.32 Å². The maximum Gasteiger partial charge on any atom is 0.252 e. The third kappa shape index (κ3) is 3.04. The summed E-state index contributed by atoms with van der Waals surface area (Å²) in [5, 5.41) is 15.9. The minimum absolute atomic E-state index is 0.188. The SMILES string of the molecule is CCCNc1cc(Cn2cnc(C#N)n2)ccn1. The lowest BCUT2D eigenvalue weighted by molar-refractivity contribution is 0.682. The molecular weight excluding hydrogens is 228 g/mol. The van der Waals surface area contributed by atoms with Gasteiger partial charge in [-0.3, -0.25) is 0 Å². The van der Waals surface area contributed by atoms with E-state index in [2.05, 4.69) is 27.3 Å². The van der Waals surface area contributed by atoms with Crippen molar-refractivity contribution in [1.82, 2.24) is 19.7 Å². The fraction of sp³-hybridized carbons (Fsp3) is 0.333. The Kier molecular flexibility index (Phi) is 3.86. The number of aromatic nitrogens is 4. The molecule has 2 aromatic heterocycles. The number of hydrogen-bond donors (Lipinski definition) is 1. The monoisotopic (exact) mass is 242 g/mol. The minimum atomic E-state index is 0.188. The van der Waals surface area contributed by atoms with Gasteiger partial charge in [-0.2, -0.15) is 5.26 Å². The van der Waals surface area contributed by atoms with E-state index < -0.39 is 0 Å². The predicted octanol–water partition coefficient (Wildman–Crippen LogP) is 1.41. The molecule has 0 atom stereocenters. The van der Waals surface area contributed by atoms with Crippen LogP contribution in [0.25, 0.3) is 0 Å². The van der Waals surface area contributed by atoms with Crippen LogP contribution in [0.2, 0.25) is 0 Å². The van der Waals surface area contributed by atoms with Gasteiger partial charge in [-0.1, -0.05) is 6.92 Å². The van der Waals surface area contributed by atoms with Gasteiger partial charge in [0.25, 0.3) is 5.82 Å². The summed E-state index contributed by atoms with van der Waals surface area (Å²) in [6.45, 7) is 3.59. The molecule has 0 aliphatic carbocycles. The second-order valence-corrected chi connectivity index (χ2v) is 3.85. The molecule has 0 radical (unpaired) electrons.